The van der Waals surface area contributed by atoms with Gasteiger partial charge in [0.05, 0.1) is 10.5 Å². The predicted octanol–water partition coefficient (Wildman–Crippen LogP) is 4.57. The maximum absolute atomic E-state index is 13.0. The van der Waals surface area contributed by atoms with Crippen LogP contribution in [0.25, 0.3) is 0 Å². The van der Waals surface area contributed by atoms with Crippen LogP contribution in [0.2, 0.25) is 0 Å². The highest BCUT2D eigenvalue weighted by molar-refractivity contribution is 6.10. The molecule has 2 aromatic carbocycles. The van der Waals surface area contributed by atoms with Gasteiger partial charge in [-0.05, 0) is 12.1 Å². The molecule has 0 aromatic heterocycles. The maximum atomic E-state index is 13.0. The number of phenols is 1. The number of nitrogens with zero attached hydrogens (tertiary/aromatic N) is 1. The molecule has 5 nitrogen and oxygen atoms in total. The summed E-state index contributed by atoms with van der Waals surface area (Å²) < 4.78 is 77.8. The molecule has 0 amide bonds. The summed E-state index contributed by atoms with van der Waals surface area (Å²) in [6, 6.07) is 3.67. The van der Waals surface area contributed by atoms with E-state index >= 15 is 0 Å². The molecular weight excluding hydrogens is 372 g/mol. The monoisotopic (exact) mass is 379 g/mol. The molecule has 0 bridgehead atoms. The normalized spacial score (nSPS) is 12.1. The van der Waals surface area contributed by atoms with Crippen molar-refractivity contribution in [2.24, 2.45) is 0 Å². The SMILES string of the molecule is O=C(c1cc([N+](=O)[O-])c(O)c(C(F)(F)F)c1)c1ccccc1C(F)(F)F. The summed E-state index contributed by atoms with van der Waals surface area (Å²) in [5.74, 6) is -3.24. The van der Waals surface area contributed by atoms with Gasteiger partial charge in [0.1, 0.15) is 5.56 Å². The second-order valence-corrected chi connectivity index (χ2v) is 5.02. The van der Waals surface area contributed by atoms with E-state index in [1.807, 2.05) is 0 Å². The fourth-order valence-electron chi connectivity index (χ4n) is 2.19. The van der Waals surface area contributed by atoms with Crippen molar-refractivity contribution in [2.75, 3.05) is 0 Å². The average Bonchev–Trinajstić information content (AvgIpc) is 2.52. The first kappa shape index (κ1) is 19.2. The summed E-state index contributed by atoms with van der Waals surface area (Å²) in [4.78, 5) is 21.8. The first-order valence-corrected chi connectivity index (χ1v) is 6.63. The Kier molecular flexibility index (Phi) is 4.67. The minimum Gasteiger partial charge on any atom is -0.502 e. The van der Waals surface area contributed by atoms with E-state index in [0.717, 1.165) is 18.2 Å². The van der Waals surface area contributed by atoms with Crippen LogP contribution in [0, 0.1) is 10.1 Å². The molecular formula is C15H7F6NO4. The summed E-state index contributed by atoms with van der Waals surface area (Å²) in [7, 11) is 0. The van der Waals surface area contributed by atoms with Crippen molar-refractivity contribution in [1.82, 2.24) is 0 Å². The van der Waals surface area contributed by atoms with Crippen LogP contribution in [0.4, 0.5) is 32.0 Å². The number of rotatable bonds is 3. The Labute approximate surface area is 140 Å². The van der Waals surface area contributed by atoms with Gasteiger partial charge in [0.2, 0.25) is 5.75 Å². The number of nitro benzene ring substituents is 1. The van der Waals surface area contributed by atoms with Gasteiger partial charge in [-0.15, -0.1) is 0 Å². The number of carbonyl (C=O) groups is 1. The zero-order chi connectivity index (χ0) is 19.9. The van der Waals surface area contributed by atoms with Crippen molar-refractivity contribution in [2.45, 2.75) is 12.4 Å². The Bertz CT molecular complexity index is 889. The highest BCUT2D eigenvalue weighted by Crippen LogP contribution is 2.42. The predicted molar refractivity (Wildman–Crippen MR) is 74.6 cm³/mol. The van der Waals surface area contributed by atoms with E-state index < -0.39 is 56.7 Å². The van der Waals surface area contributed by atoms with E-state index in [-0.39, 0.29) is 6.07 Å². The van der Waals surface area contributed by atoms with E-state index in [9.17, 15) is 46.4 Å². The van der Waals surface area contributed by atoms with Crippen molar-refractivity contribution < 1.29 is 41.2 Å². The Morgan fingerprint density at radius 1 is 0.962 bits per heavy atom. The van der Waals surface area contributed by atoms with Gasteiger partial charge in [0.25, 0.3) is 0 Å². The molecule has 0 atom stereocenters. The summed E-state index contributed by atoms with van der Waals surface area (Å²) in [5, 5.41) is 20.2. The number of hydrogen-bond donors (Lipinski definition) is 1. The number of nitro groups is 1. The van der Waals surface area contributed by atoms with Crippen LogP contribution in [-0.2, 0) is 12.4 Å². The first-order chi connectivity index (χ1) is 11.8. The van der Waals surface area contributed by atoms with Gasteiger partial charge < -0.3 is 5.11 Å². The number of phenolic OH excluding ortho intramolecular Hbond substituents is 1. The smallest absolute Gasteiger partial charge is 0.420 e. The lowest BCUT2D eigenvalue weighted by atomic mass is 9.96. The Morgan fingerprint density at radius 2 is 1.50 bits per heavy atom. The van der Waals surface area contributed by atoms with Gasteiger partial charge in [0, 0.05) is 17.2 Å². The van der Waals surface area contributed by atoms with Crippen LogP contribution in [0.1, 0.15) is 27.0 Å². The molecule has 0 aliphatic rings. The molecule has 0 saturated heterocycles. The van der Waals surface area contributed by atoms with Crippen LogP contribution in [-0.4, -0.2) is 15.8 Å². The quantitative estimate of drug-likeness (QED) is 0.367. The molecule has 0 fully saturated rings. The molecule has 0 spiro atoms. The van der Waals surface area contributed by atoms with E-state index in [1.54, 1.807) is 0 Å². The summed E-state index contributed by atoms with van der Waals surface area (Å²) in [5.41, 5.74) is -6.76. The topological polar surface area (TPSA) is 80.4 Å². The maximum Gasteiger partial charge on any atom is 0.420 e. The number of carbonyl (C=O) groups excluding carboxylic acids is 1. The van der Waals surface area contributed by atoms with Crippen LogP contribution in [0.3, 0.4) is 0 Å². The fraction of sp³-hybridized carbons (Fsp3) is 0.133. The number of aromatic hydroxyl groups is 1. The lowest BCUT2D eigenvalue weighted by molar-refractivity contribution is -0.386. The molecule has 0 aliphatic carbocycles. The highest BCUT2D eigenvalue weighted by atomic mass is 19.4. The third-order valence-corrected chi connectivity index (χ3v) is 3.33. The number of hydrogen-bond acceptors (Lipinski definition) is 4. The lowest BCUT2D eigenvalue weighted by Crippen LogP contribution is -2.15. The van der Waals surface area contributed by atoms with Crippen molar-refractivity contribution in [3.63, 3.8) is 0 Å². The summed E-state index contributed by atoms with van der Waals surface area (Å²) in [6.07, 6.45) is -10.2. The van der Waals surface area contributed by atoms with Crippen LogP contribution < -0.4 is 0 Å². The highest BCUT2D eigenvalue weighted by Gasteiger charge is 2.40. The van der Waals surface area contributed by atoms with Crippen LogP contribution in [0.15, 0.2) is 36.4 Å². The Morgan fingerprint density at radius 3 is 2.00 bits per heavy atom. The molecule has 0 unspecified atom stereocenters. The van der Waals surface area contributed by atoms with Crippen molar-refractivity contribution in [3.8, 4) is 5.75 Å². The minimum absolute atomic E-state index is 0.0673. The minimum atomic E-state index is -5.27. The molecule has 11 heteroatoms. The summed E-state index contributed by atoms with van der Waals surface area (Å²) in [6.45, 7) is 0. The van der Waals surface area contributed by atoms with Crippen molar-refractivity contribution >= 4 is 11.5 Å². The molecule has 138 valence electrons. The second kappa shape index (κ2) is 6.32. The first-order valence-electron chi connectivity index (χ1n) is 6.63. The van der Waals surface area contributed by atoms with E-state index in [1.165, 1.54) is 0 Å². The van der Waals surface area contributed by atoms with E-state index in [0.29, 0.717) is 12.1 Å². The summed E-state index contributed by atoms with van der Waals surface area (Å²) >= 11 is 0. The molecule has 2 aromatic rings. The van der Waals surface area contributed by atoms with Crippen LogP contribution in [0.5, 0.6) is 5.75 Å². The Hall–Kier alpha value is -3.11. The number of benzene rings is 2. The number of ketones is 1. The second-order valence-electron chi connectivity index (χ2n) is 5.02. The number of alkyl halides is 6. The van der Waals surface area contributed by atoms with Crippen LogP contribution >= 0.6 is 0 Å². The van der Waals surface area contributed by atoms with Crippen molar-refractivity contribution in [3.05, 3.63) is 68.8 Å². The van der Waals surface area contributed by atoms with Gasteiger partial charge in [-0.1, -0.05) is 18.2 Å². The molecule has 26 heavy (non-hydrogen) atoms. The van der Waals surface area contributed by atoms with Gasteiger partial charge in [-0.25, -0.2) is 0 Å². The van der Waals surface area contributed by atoms with E-state index in [4.69, 9.17) is 0 Å². The van der Waals surface area contributed by atoms with Gasteiger partial charge in [-0.2, -0.15) is 26.3 Å². The zero-order valence-corrected chi connectivity index (χ0v) is 12.4. The molecule has 1 N–H and O–H groups in total. The largest absolute Gasteiger partial charge is 0.502 e. The fourth-order valence-corrected chi connectivity index (χ4v) is 2.19. The average molecular weight is 379 g/mol. The van der Waals surface area contributed by atoms with Crippen molar-refractivity contribution in [1.29, 1.82) is 0 Å². The molecule has 0 saturated carbocycles. The lowest BCUT2D eigenvalue weighted by Gasteiger charge is -2.14. The molecule has 2 rings (SSSR count). The zero-order valence-electron chi connectivity index (χ0n) is 12.4. The van der Waals surface area contributed by atoms with Gasteiger partial charge in [0.15, 0.2) is 5.78 Å². The third-order valence-electron chi connectivity index (χ3n) is 3.33. The third kappa shape index (κ3) is 3.60. The Balaban J connectivity index is 2.72. The van der Waals surface area contributed by atoms with Gasteiger partial charge in [-0.3, -0.25) is 14.9 Å². The molecule has 0 radical (unpaired) electrons. The molecule has 0 aliphatic heterocycles. The molecule has 0 heterocycles. The van der Waals surface area contributed by atoms with Gasteiger partial charge >= 0.3 is 18.0 Å². The standard InChI is InChI=1S/C15H7F6NO4/c16-14(17,18)9-4-2-1-3-8(9)12(23)7-5-10(15(19,20)21)13(24)11(6-7)22(25)26/h1-6,24H. The number of halogens is 6. The van der Waals surface area contributed by atoms with E-state index in [2.05, 4.69) is 0 Å².